The number of para-hydroxylation sites is 1. The minimum atomic E-state index is -3.01. The smallest absolute Gasteiger partial charge is 0.164 e. The Labute approximate surface area is 156 Å². The fraction of sp³-hybridized carbons (Fsp3) is 0.278. The molecule has 2 aromatic carbocycles. The molecule has 0 spiro atoms. The van der Waals surface area contributed by atoms with Crippen molar-refractivity contribution in [1.82, 2.24) is 0 Å². The van der Waals surface area contributed by atoms with E-state index in [9.17, 15) is 8.42 Å². The molecular weight excluding hydrogens is 376 g/mol. The van der Waals surface area contributed by atoms with Crippen LogP contribution in [0.15, 0.2) is 59.6 Å². The van der Waals surface area contributed by atoms with Gasteiger partial charge >= 0.3 is 0 Å². The van der Waals surface area contributed by atoms with Crippen LogP contribution in [0.2, 0.25) is 5.02 Å². The van der Waals surface area contributed by atoms with E-state index in [4.69, 9.17) is 16.6 Å². The quantitative estimate of drug-likeness (QED) is 0.800. The van der Waals surface area contributed by atoms with Crippen molar-refractivity contribution in [1.29, 1.82) is 0 Å². The predicted molar refractivity (Wildman–Crippen MR) is 105 cm³/mol. The normalized spacial score (nSPS) is 24.2. The maximum atomic E-state index is 12.0. The van der Waals surface area contributed by atoms with E-state index >= 15 is 0 Å². The Morgan fingerprint density at radius 1 is 1.08 bits per heavy atom. The maximum absolute atomic E-state index is 12.0. The molecule has 25 heavy (non-hydrogen) atoms. The van der Waals surface area contributed by atoms with E-state index < -0.39 is 9.84 Å². The maximum Gasteiger partial charge on any atom is 0.164 e. The van der Waals surface area contributed by atoms with Crippen LogP contribution in [0.3, 0.4) is 0 Å². The zero-order chi connectivity index (χ0) is 17.4. The molecule has 0 aromatic heterocycles. The zero-order valence-corrected chi connectivity index (χ0v) is 15.8. The number of fused-ring (bicyclic) bond motifs is 1. The summed E-state index contributed by atoms with van der Waals surface area (Å²) in [5, 5.41) is 1.61. The molecule has 2 aliphatic rings. The van der Waals surface area contributed by atoms with Crippen molar-refractivity contribution in [2.45, 2.75) is 17.8 Å². The summed E-state index contributed by atoms with van der Waals surface area (Å²) in [5.41, 5.74) is 2.16. The van der Waals surface area contributed by atoms with E-state index in [1.165, 1.54) is 0 Å². The van der Waals surface area contributed by atoms with Gasteiger partial charge in [0.05, 0.1) is 23.6 Å². The Kier molecular flexibility index (Phi) is 4.52. The van der Waals surface area contributed by atoms with Crippen LogP contribution in [0.1, 0.15) is 5.56 Å². The van der Waals surface area contributed by atoms with E-state index in [-0.39, 0.29) is 23.6 Å². The minimum Gasteiger partial charge on any atom is -0.315 e. The lowest BCUT2D eigenvalue weighted by atomic mass is 10.1. The van der Waals surface area contributed by atoms with Crippen LogP contribution in [-0.4, -0.2) is 37.2 Å². The number of thioether (sulfide) groups is 1. The largest absolute Gasteiger partial charge is 0.315 e. The second-order valence-corrected chi connectivity index (χ2v) is 9.78. The van der Waals surface area contributed by atoms with E-state index in [2.05, 4.69) is 4.90 Å². The summed E-state index contributed by atoms with van der Waals surface area (Å²) in [6.07, 6.45) is 0. The third kappa shape index (κ3) is 3.57. The standard InChI is InChI=1S/C18H17ClN2O2S2/c19-14-8-6-13(7-9-14)10-24-18-20-16-11-25(22,23)12-17(16)21(18)15-4-2-1-3-5-15/h1-9,16-17H,10-12H2/t16-,17-/m1/s1. The average molecular weight is 393 g/mol. The number of aliphatic imine (C=N–C) groups is 1. The zero-order valence-electron chi connectivity index (χ0n) is 13.4. The molecule has 0 bridgehead atoms. The van der Waals surface area contributed by atoms with Crippen LogP contribution in [0, 0.1) is 0 Å². The van der Waals surface area contributed by atoms with Gasteiger partial charge in [-0.2, -0.15) is 0 Å². The molecule has 1 fully saturated rings. The summed E-state index contributed by atoms with van der Waals surface area (Å²) >= 11 is 7.58. The summed E-state index contributed by atoms with van der Waals surface area (Å²) in [6.45, 7) is 0. The van der Waals surface area contributed by atoms with Gasteiger partial charge in [-0.3, -0.25) is 4.99 Å². The number of nitrogens with zero attached hydrogens (tertiary/aromatic N) is 2. The van der Waals surface area contributed by atoms with Gasteiger partial charge in [-0.05, 0) is 29.8 Å². The van der Waals surface area contributed by atoms with Crippen molar-refractivity contribution in [2.75, 3.05) is 16.4 Å². The first-order chi connectivity index (χ1) is 12.0. The van der Waals surface area contributed by atoms with Crippen molar-refractivity contribution < 1.29 is 8.42 Å². The monoisotopic (exact) mass is 392 g/mol. The van der Waals surface area contributed by atoms with Crippen molar-refractivity contribution in [3.05, 3.63) is 65.2 Å². The van der Waals surface area contributed by atoms with E-state index in [1.807, 2.05) is 54.6 Å². The highest BCUT2D eigenvalue weighted by molar-refractivity contribution is 8.13. The molecule has 130 valence electrons. The summed E-state index contributed by atoms with van der Waals surface area (Å²) in [5.74, 6) is 1.08. The molecule has 0 unspecified atom stereocenters. The van der Waals surface area contributed by atoms with Crippen molar-refractivity contribution in [3.63, 3.8) is 0 Å². The third-order valence-electron chi connectivity index (χ3n) is 4.42. The van der Waals surface area contributed by atoms with Gasteiger partial charge in [0.2, 0.25) is 0 Å². The Hall–Kier alpha value is -1.50. The molecule has 4 rings (SSSR count). The molecule has 1 saturated heterocycles. The lowest BCUT2D eigenvalue weighted by Gasteiger charge is -2.26. The molecule has 2 aromatic rings. The number of hydrogen-bond donors (Lipinski definition) is 0. The third-order valence-corrected chi connectivity index (χ3v) is 7.41. The van der Waals surface area contributed by atoms with Crippen LogP contribution < -0.4 is 4.90 Å². The highest BCUT2D eigenvalue weighted by atomic mass is 35.5. The Balaban J connectivity index is 1.59. The lowest BCUT2D eigenvalue weighted by molar-refractivity contribution is 0.601. The molecule has 0 aliphatic carbocycles. The molecule has 0 radical (unpaired) electrons. The SMILES string of the molecule is O=S1(=O)C[C@@H]2[C@@H](C1)N=C(SCc1ccc(Cl)cc1)N2c1ccccc1. The molecular formula is C18H17ClN2O2S2. The minimum absolute atomic E-state index is 0.0971. The summed E-state index contributed by atoms with van der Waals surface area (Å²) in [6, 6.07) is 17.4. The van der Waals surface area contributed by atoms with Crippen LogP contribution in [0.25, 0.3) is 0 Å². The van der Waals surface area contributed by atoms with Gasteiger partial charge in [0.15, 0.2) is 15.0 Å². The van der Waals surface area contributed by atoms with Crippen molar-refractivity contribution >= 4 is 44.1 Å². The molecule has 0 amide bonds. The van der Waals surface area contributed by atoms with Crippen molar-refractivity contribution in [3.8, 4) is 0 Å². The van der Waals surface area contributed by atoms with Gasteiger partial charge in [0.1, 0.15) is 0 Å². The van der Waals surface area contributed by atoms with Crippen LogP contribution >= 0.6 is 23.4 Å². The number of sulfone groups is 1. The number of halogens is 1. The number of rotatable bonds is 3. The Morgan fingerprint density at radius 2 is 1.80 bits per heavy atom. The summed E-state index contributed by atoms with van der Waals surface area (Å²) < 4.78 is 24.0. The number of amidine groups is 1. The second-order valence-electron chi connectivity index (χ2n) is 6.24. The topological polar surface area (TPSA) is 49.7 Å². The van der Waals surface area contributed by atoms with Crippen molar-refractivity contribution in [2.24, 2.45) is 4.99 Å². The average Bonchev–Trinajstić information content (AvgIpc) is 3.06. The van der Waals surface area contributed by atoms with Gasteiger partial charge in [-0.1, -0.05) is 53.7 Å². The van der Waals surface area contributed by atoms with Gasteiger partial charge in [-0.15, -0.1) is 0 Å². The number of anilines is 1. The molecule has 2 heterocycles. The van der Waals surface area contributed by atoms with Crippen LogP contribution in [0.5, 0.6) is 0 Å². The number of benzene rings is 2. The van der Waals surface area contributed by atoms with Gasteiger partial charge in [0, 0.05) is 16.5 Å². The molecule has 2 aliphatic heterocycles. The highest BCUT2D eigenvalue weighted by Gasteiger charge is 2.47. The Bertz CT molecular complexity index is 898. The first kappa shape index (κ1) is 16.9. The molecule has 4 nitrogen and oxygen atoms in total. The molecule has 0 N–H and O–H groups in total. The fourth-order valence-electron chi connectivity index (χ4n) is 3.25. The predicted octanol–water partition coefficient (Wildman–Crippen LogP) is 3.62. The highest BCUT2D eigenvalue weighted by Crippen LogP contribution is 2.35. The van der Waals surface area contributed by atoms with E-state index in [0.717, 1.165) is 27.2 Å². The molecule has 0 saturated carbocycles. The Morgan fingerprint density at radius 3 is 2.52 bits per heavy atom. The van der Waals surface area contributed by atoms with Crippen LogP contribution in [-0.2, 0) is 15.6 Å². The van der Waals surface area contributed by atoms with E-state index in [0.29, 0.717) is 0 Å². The fourth-order valence-corrected chi connectivity index (χ4v) is 6.30. The first-order valence-electron chi connectivity index (χ1n) is 8.02. The molecule has 7 heteroatoms. The first-order valence-corrected chi connectivity index (χ1v) is 11.2. The van der Waals surface area contributed by atoms with Crippen LogP contribution in [0.4, 0.5) is 5.69 Å². The second kappa shape index (κ2) is 6.67. The van der Waals surface area contributed by atoms with Gasteiger partial charge in [-0.25, -0.2) is 8.42 Å². The van der Waals surface area contributed by atoms with E-state index in [1.54, 1.807) is 11.8 Å². The van der Waals surface area contributed by atoms with Gasteiger partial charge < -0.3 is 4.90 Å². The summed E-state index contributed by atoms with van der Waals surface area (Å²) in [4.78, 5) is 6.83. The number of hydrogen-bond acceptors (Lipinski definition) is 5. The summed E-state index contributed by atoms with van der Waals surface area (Å²) in [7, 11) is -3.01. The van der Waals surface area contributed by atoms with Gasteiger partial charge in [0.25, 0.3) is 0 Å². The lowest BCUT2D eigenvalue weighted by Crippen LogP contribution is -2.39. The molecule has 2 atom stereocenters.